The molecule has 31 heavy (non-hydrogen) atoms. The van der Waals surface area contributed by atoms with E-state index in [1.165, 1.54) is 6.07 Å². The van der Waals surface area contributed by atoms with E-state index in [1.54, 1.807) is 6.07 Å². The standard InChI is InChI=1S/C25H24BrFN2O2/c26-22-8-4-9-23(16-22)31-18-19-5-3-7-20(15-19)25(30)29-13-11-28(12-14-29)17-21-6-1-2-10-24(21)27/h1-10,15-16H,11-14,17-18H2. The van der Waals surface area contributed by atoms with Crippen molar-refractivity contribution < 1.29 is 13.9 Å². The fourth-order valence-electron chi connectivity index (χ4n) is 3.68. The number of nitrogens with zero attached hydrogens (tertiary/aromatic N) is 2. The molecule has 0 bridgehead atoms. The second-order valence-electron chi connectivity index (χ2n) is 7.61. The van der Waals surface area contributed by atoms with Gasteiger partial charge in [0.25, 0.3) is 5.91 Å². The minimum absolute atomic E-state index is 0.0230. The topological polar surface area (TPSA) is 32.8 Å². The predicted octanol–water partition coefficient (Wildman–Crippen LogP) is 5.13. The third-order valence-corrected chi connectivity index (χ3v) is 5.88. The van der Waals surface area contributed by atoms with Crippen LogP contribution in [0, 0.1) is 5.82 Å². The lowest BCUT2D eigenvalue weighted by Gasteiger charge is -2.35. The fourth-order valence-corrected chi connectivity index (χ4v) is 4.06. The number of rotatable bonds is 6. The fraction of sp³-hybridized carbons (Fsp3) is 0.240. The molecule has 0 saturated carbocycles. The van der Waals surface area contributed by atoms with Crippen LogP contribution in [0.25, 0.3) is 0 Å². The maximum absolute atomic E-state index is 13.9. The van der Waals surface area contributed by atoms with Crippen molar-refractivity contribution in [3.8, 4) is 5.75 Å². The first-order chi connectivity index (χ1) is 15.1. The molecule has 1 amide bonds. The Hall–Kier alpha value is -2.70. The van der Waals surface area contributed by atoms with Crippen LogP contribution in [0.15, 0.2) is 77.3 Å². The first-order valence-electron chi connectivity index (χ1n) is 10.3. The van der Waals surface area contributed by atoms with Gasteiger partial charge in [0.15, 0.2) is 0 Å². The molecular weight excluding hydrogens is 459 g/mol. The Bertz CT molecular complexity index is 1050. The zero-order valence-electron chi connectivity index (χ0n) is 17.1. The van der Waals surface area contributed by atoms with Crippen LogP contribution in [0.5, 0.6) is 5.75 Å². The average Bonchev–Trinajstić information content (AvgIpc) is 2.79. The molecular formula is C25H24BrFN2O2. The first kappa shape index (κ1) is 21.5. The van der Waals surface area contributed by atoms with Gasteiger partial charge in [-0.25, -0.2) is 4.39 Å². The van der Waals surface area contributed by atoms with Gasteiger partial charge in [-0.3, -0.25) is 9.69 Å². The van der Waals surface area contributed by atoms with Gasteiger partial charge in [-0.1, -0.05) is 52.3 Å². The number of amides is 1. The Morgan fingerprint density at radius 1 is 0.935 bits per heavy atom. The van der Waals surface area contributed by atoms with E-state index in [0.29, 0.717) is 37.4 Å². The van der Waals surface area contributed by atoms with Crippen LogP contribution in [0.1, 0.15) is 21.5 Å². The molecule has 0 N–H and O–H groups in total. The molecule has 0 radical (unpaired) electrons. The molecule has 0 aliphatic carbocycles. The number of carbonyl (C=O) groups excluding carboxylic acids is 1. The van der Waals surface area contributed by atoms with Crippen molar-refractivity contribution in [2.45, 2.75) is 13.2 Å². The minimum atomic E-state index is -0.178. The Morgan fingerprint density at radius 2 is 1.71 bits per heavy atom. The quantitative estimate of drug-likeness (QED) is 0.488. The highest BCUT2D eigenvalue weighted by atomic mass is 79.9. The van der Waals surface area contributed by atoms with E-state index in [0.717, 1.165) is 28.9 Å². The monoisotopic (exact) mass is 482 g/mol. The Balaban J connectivity index is 1.32. The summed E-state index contributed by atoms with van der Waals surface area (Å²) in [5, 5.41) is 0. The number of carbonyl (C=O) groups is 1. The lowest BCUT2D eigenvalue weighted by Crippen LogP contribution is -2.48. The van der Waals surface area contributed by atoms with E-state index in [2.05, 4.69) is 20.8 Å². The Labute approximate surface area is 190 Å². The van der Waals surface area contributed by atoms with E-state index in [4.69, 9.17) is 4.74 Å². The van der Waals surface area contributed by atoms with Crippen LogP contribution >= 0.6 is 15.9 Å². The van der Waals surface area contributed by atoms with E-state index in [9.17, 15) is 9.18 Å². The number of benzene rings is 3. The maximum Gasteiger partial charge on any atom is 0.253 e. The van der Waals surface area contributed by atoms with Crippen molar-refractivity contribution in [1.82, 2.24) is 9.80 Å². The average molecular weight is 483 g/mol. The lowest BCUT2D eigenvalue weighted by molar-refractivity contribution is 0.0627. The van der Waals surface area contributed by atoms with Gasteiger partial charge in [0.05, 0.1) is 0 Å². The predicted molar refractivity (Wildman–Crippen MR) is 122 cm³/mol. The number of ether oxygens (including phenoxy) is 1. The molecule has 1 aliphatic heterocycles. The third-order valence-electron chi connectivity index (χ3n) is 5.39. The van der Waals surface area contributed by atoms with Crippen LogP contribution in [0.3, 0.4) is 0 Å². The summed E-state index contributed by atoms with van der Waals surface area (Å²) in [6.07, 6.45) is 0. The highest BCUT2D eigenvalue weighted by molar-refractivity contribution is 9.10. The second kappa shape index (κ2) is 10.1. The number of piperazine rings is 1. The smallest absolute Gasteiger partial charge is 0.253 e. The van der Waals surface area contributed by atoms with Gasteiger partial charge in [0.2, 0.25) is 0 Å². The lowest BCUT2D eigenvalue weighted by atomic mass is 10.1. The maximum atomic E-state index is 13.9. The number of hydrogen-bond donors (Lipinski definition) is 0. The summed E-state index contributed by atoms with van der Waals surface area (Å²) in [7, 11) is 0. The molecule has 6 heteroatoms. The SMILES string of the molecule is O=C(c1cccc(COc2cccc(Br)c2)c1)N1CCN(Cc2ccccc2F)CC1. The van der Waals surface area contributed by atoms with E-state index >= 15 is 0 Å². The summed E-state index contributed by atoms with van der Waals surface area (Å²) in [4.78, 5) is 17.0. The normalized spacial score (nSPS) is 14.5. The van der Waals surface area contributed by atoms with Gasteiger partial charge in [-0.15, -0.1) is 0 Å². The molecule has 0 atom stereocenters. The van der Waals surface area contributed by atoms with Gasteiger partial charge in [-0.05, 0) is 42.0 Å². The number of hydrogen-bond acceptors (Lipinski definition) is 3. The van der Waals surface area contributed by atoms with Crippen molar-refractivity contribution >= 4 is 21.8 Å². The van der Waals surface area contributed by atoms with Gasteiger partial charge >= 0.3 is 0 Å². The zero-order chi connectivity index (χ0) is 21.6. The van der Waals surface area contributed by atoms with Crippen molar-refractivity contribution in [2.24, 2.45) is 0 Å². The first-order valence-corrected chi connectivity index (χ1v) is 11.1. The molecule has 1 heterocycles. The Morgan fingerprint density at radius 3 is 2.48 bits per heavy atom. The van der Waals surface area contributed by atoms with Crippen molar-refractivity contribution in [2.75, 3.05) is 26.2 Å². The van der Waals surface area contributed by atoms with Gasteiger partial charge in [-0.2, -0.15) is 0 Å². The summed E-state index contributed by atoms with van der Waals surface area (Å²) in [6, 6.07) is 22.1. The van der Waals surface area contributed by atoms with Crippen LogP contribution in [-0.2, 0) is 13.2 Å². The molecule has 160 valence electrons. The molecule has 4 rings (SSSR count). The summed E-state index contributed by atoms with van der Waals surface area (Å²) >= 11 is 3.44. The van der Waals surface area contributed by atoms with Gasteiger partial charge < -0.3 is 9.64 Å². The molecule has 1 saturated heterocycles. The summed E-state index contributed by atoms with van der Waals surface area (Å²) in [5.74, 6) is 0.620. The Kier molecular flexibility index (Phi) is 6.99. The highest BCUT2D eigenvalue weighted by Crippen LogP contribution is 2.20. The molecule has 3 aromatic carbocycles. The van der Waals surface area contributed by atoms with Crippen LogP contribution < -0.4 is 4.74 Å². The molecule has 0 spiro atoms. The second-order valence-corrected chi connectivity index (χ2v) is 8.52. The highest BCUT2D eigenvalue weighted by Gasteiger charge is 2.22. The summed E-state index contributed by atoms with van der Waals surface area (Å²) in [6.45, 7) is 3.68. The van der Waals surface area contributed by atoms with Gasteiger partial charge in [0.1, 0.15) is 18.2 Å². The molecule has 1 fully saturated rings. The van der Waals surface area contributed by atoms with Crippen LogP contribution in [-0.4, -0.2) is 41.9 Å². The molecule has 0 aromatic heterocycles. The molecule has 0 unspecified atom stereocenters. The summed E-state index contributed by atoms with van der Waals surface area (Å²) < 4.78 is 20.7. The third kappa shape index (κ3) is 5.71. The molecule has 4 nitrogen and oxygen atoms in total. The molecule has 3 aromatic rings. The number of halogens is 2. The largest absolute Gasteiger partial charge is 0.489 e. The summed E-state index contributed by atoms with van der Waals surface area (Å²) in [5.41, 5.74) is 2.31. The van der Waals surface area contributed by atoms with Crippen molar-refractivity contribution in [1.29, 1.82) is 0 Å². The van der Waals surface area contributed by atoms with E-state index < -0.39 is 0 Å². The van der Waals surface area contributed by atoms with Crippen LogP contribution in [0.2, 0.25) is 0 Å². The zero-order valence-corrected chi connectivity index (χ0v) is 18.7. The van der Waals surface area contributed by atoms with E-state index in [1.807, 2.05) is 65.6 Å². The minimum Gasteiger partial charge on any atom is -0.489 e. The molecule has 1 aliphatic rings. The van der Waals surface area contributed by atoms with Crippen LogP contribution in [0.4, 0.5) is 4.39 Å². The van der Waals surface area contributed by atoms with Gasteiger partial charge in [0, 0.05) is 48.3 Å². The van der Waals surface area contributed by atoms with Crippen molar-refractivity contribution in [3.05, 3.63) is 99.8 Å². The van der Waals surface area contributed by atoms with Crippen molar-refractivity contribution in [3.63, 3.8) is 0 Å². The van der Waals surface area contributed by atoms with E-state index in [-0.39, 0.29) is 11.7 Å².